The zero-order valence-corrected chi connectivity index (χ0v) is 12.1. The summed E-state index contributed by atoms with van der Waals surface area (Å²) in [5.74, 6) is 0.419. The van der Waals surface area contributed by atoms with E-state index < -0.39 is 0 Å². The van der Waals surface area contributed by atoms with Gasteiger partial charge in [-0.2, -0.15) is 0 Å². The molecule has 0 atom stereocenters. The highest BCUT2D eigenvalue weighted by Crippen LogP contribution is 2.22. The molecule has 0 amide bonds. The van der Waals surface area contributed by atoms with Crippen LogP contribution >= 0.6 is 0 Å². The van der Waals surface area contributed by atoms with Gasteiger partial charge in [0.15, 0.2) is 0 Å². The van der Waals surface area contributed by atoms with Gasteiger partial charge >= 0.3 is 0 Å². The maximum atomic E-state index is 9.77. The van der Waals surface area contributed by atoms with Crippen LogP contribution in [-0.4, -0.2) is 5.11 Å². The Morgan fingerprint density at radius 1 is 0.619 bits per heavy atom. The zero-order chi connectivity index (χ0) is 14.5. The lowest BCUT2D eigenvalue weighted by Crippen LogP contribution is -1.91. The molecule has 0 bridgehead atoms. The molecule has 0 saturated heterocycles. The second-order valence-electron chi connectivity index (χ2n) is 5.47. The first-order chi connectivity index (χ1) is 10.3. The molecular formula is C20H20O. The molecule has 0 aliphatic heterocycles. The van der Waals surface area contributed by atoms with Crippen molar-refractivity contribution in [1.82, 2.24) is 0 Å². The molecule has 1 nitrogen and oxygen atoms in total. The van der Waals surface area contributed by atoms with Crippen molar-refractivity contribution < 1.29 is 5.11 Å². The molecule has 21 heavy (non-hydrogen) atoms. The summed E-state index contributed by atoms with van der Waals surface area (Å²) in [6.07, 6.45) is 4.27. The topological polar surface area (TPSA) is 20.2 Å². The highest BCUT2D eigenvalue weighted by atomic mass is 16.3. The molecule has 0 aliphatic carbocycles. The zero-order valence-electron chi connectivity index (χ0n) is 12.1. The fourth-order valence-electron chi connectivity index (χ4n) is 2.86. The number of aryl methyl sites for hydroxylation is 2. The van der Waals surface area contributed by atoms with Crippen molar-refractivity contribution in [3.05, 3.63) is 77.9 Å². The summed E-state index contributed by atoms with van der Waals surface area (Å²) < 4.78 is 0. The Morgan fingerprint density at radius 2 is 1.24 bits per heavy atom. The number of phenols is 1. The predicted octanol–water partition coefficient (Wildman–Crippen LogP) is 5.11. The Labute approximate surface area is 125 Å². The molecule has 0 saturated carbocycles. The number of para-hydroxylation sites is 1. The number of rotatable bonds is 5. The van der Waals surface area contributed by atoms with E-state index in [9.17, 15) is 5.11 Å². The normalized spacial score (nSPS) is 10.9. The molecule has 3 rings (SSSR count). The van der Waals surface area contributed by atoms with Gasteiger partial charge in [0.05, 0.1) is 0 Å². The summed E-state index contributed by atoms with van der Waals surface area (Å²) in [5.41, 5.74) is 2.47. The van der Waals surface area contributed by atoms with E-state index in [-0.39, 0.29) is 0 Å². The van der Waals surface area contributed by atoms with Crippen molar-refractivity contribution in [2.45, 2.75) is 25.7 Å². The Morgan fingerprint density at radius 3 is 2.10 bits per heavy atom. The van der Waals surface area contributed by atoms with Gasteiger partial charge in [0.25, 0.3) is 0 Å². The number of hydrogen-bond donors (Lipinski definition) is 1. The minimum atomic E-state index is 0.419. The van der Waals surface area contributed by atoms with E-state index in [0.717, 1.165) is 31.2 Å². The average molecular weight is 276 g/mol. The van der Waals surface area contributed by atoms with Gasteiger partial charge in [0.2, 0.25) is 0 Å². The summed E-state index contributed by atoms with van der Waals surface area (Å²) in [7, 11) is 0. The summed E-state index contributed by atoms with van der Waals surface area (Å²) in [6.45, 7) is 0. The number of phenolic OH excluding ortho intramolecular Hbond substituents is 1. The maximum Gasteiger partial charge on any atom is 0.118 e. The van der Waals surface area contributed by atoms with Crippen molar-refractivity contribution in [3.8, 4) is 5.75 Å². The number of fused-ring (bicyclic) bond motifs is 1. The van der Waals surface area contributed by atoms with E-state index in [2.05, 4.69) is 42.5 Å². The maximum absolute atomic E-state index is 9.77. The van der Waals surface area contributed by atoms with E-state index in [1.54, 1.807) is 6.07 Å². The van der Waals surface area contributed by atoms with Crippen molar-refractivity contribution >= 4 is 10.8 Å². The lowest BCUT2D eigenvalue weighted by atomic mass is 9.98. The van der Waals surface area contributed by atoms with Gasteiger partial charge < -0.3 is 5.11 Å². The van der Waals surface area contributed by atoms with Crippen LogP contribution in [-0.2, 0) is 12.8 Å². The highest BCUT2D eigenvalue weighted by molar-refractivity contribution is 5.85. The molecule has 3 aromatic carbocycles. The van der Waals surface area contributed by atoms with Crippen molar-refractivity contribution in [2.75, 3.05) is 0 Å². The van der Waals surface area contributed by atoms with E-state index in [4.69, 9.17) is 0 Å². The average Bonchev–Trinajstić information content (AvgIpc) is 2.53. The molecule has 106 valence electrons. The molecule has 0 spiro atoms. The summed E-state index contributed by atoms with van der Waals surface area (Å²) in [4.78, 5) is 0. The van der Waals surface area contributed by atoms with Crippen LogP contribution in [0.15, 0.2) is 66.7 Å². The molecule has 0 aliphatic rings. The van der Waals surface area contributed by atoms with Crippen LogP contribution in [0.2, 0.25) is 0 Å². The molecule has 3 aromatic rings. The SMILES string of the molecule is Oc1ccccc1CCCCc1cccc2ccccc12. The van der Waals surface area contributed by atoms with E-state index in [0.29, 0.717) is 5.75 Å². The van der Waals surface area contributed by atoms with E-state index in [1.807, 2.05) is 18.2 Å². The van der Waals surface area contributed by atoms with Gasteiger partial charge in [0.1, 0.15) is 5.75 Å². The summed E-state index contributed by atoms with van der Waals surface area (Å²) >= 11 is 0. The van der Waals surface area contributed by atoms with Crippen LogP contribution in [0.3, 0.4) is 0 Å². The Kier molecular flexibility index (Phi) is 4.20. The smallest absolute Gasteiger partial charge is 0.118 e. The van der Waals surface area contributed by atoms with Gasteiger partial charge in [-0.3, -0.25) is 0 Å². The molecule has 1 heteroatoms. The van der Waals surface area contributed by atoms with Crippen LogP contribution < -0.4 is 0 Å². The molecule has 0 aromatic heterocycles. The Hall–Kier alpha value is -2.28. The summed E-state index contributed by atoms with van der Waals surface area (Å²) in [6, 6.07) is 22.7. The first-order valence-electron chi connectivity index (χ1n) is 7.58. The minimum absolute atomic E-state index is 0.419. The molecule has 1 N–H and O–H groups in total. The monoisotopic (exact) mass is 276 g/mol. The third-order valence-corrected chi connectivity index (χ3v) is 4.01. The Bertz CT molecular complexity index is 725. The summed E-state index contributed by atoms with van der Waals surface area (Å²) in [5, 5.41) is 12.4. The number of aromatic hydroxyl groups is 1. The predicted molar refractivity (Wildman–Crippen MR) is 88.7 cm³/mol. The quantitative estimate of drug-likeness (QED) is 0.642. The molecule has 0 heterocycles. The minimum Gasteiger partial charge on any atom is -0.508 e. The third kappa shape index (κ3) is 3.25. The van der Waals surface area contributed by atoms with Crippen molar-refractivity contribution in [2.24, 2.45) is 0 Å². The first-order valence-corrected chi connectivity index (χ1v) is 7.58. The fraction of sp³-hybridized carbons (Fsp3) is 0.200. The number of benzene rings is 3. The van der Waals surface area contributed by atoms with Gasteiger partial charge in [-0.1, -0.05) is 60.7 Å². The van der Waals surface area contributed by atoms with Gasteiger partial charge in [-0.05, 0) is 53.6 Å². The molecule has 0 unspecified atom stereocenters. The van der Waals surface area contributed by atoms with Crippen LogP contribution in [0.25, 0.3) is 10.8 Å². The molecule has 0 fully saturated rings. The van der Waals surface area contributed by atoms with E-state index >= 15 is 0 Å². The molecule has 0 radical (unpaired) electrons. The molecular weight excluding hydrogens is 256 g/mol. The Balaban J connectivity index is 1.61. The standard InChI is InChI=1S/C20H20O/c21-20-15-6-4-11-18(20)10-2-1-8-16-12-7-13-17-9-3-5-14-19(16)17/h3-7,9,11-15,21H,1-2,8,10H2. The van der Waals surface area contributed by atoms with E-state index in [1.165, 1.54) is 16.3 Å². The van der Waals surface area contributed by atoms with Gasteiger partial charge in [-0.15, -0.1) is 0 Å². The lowest BCUT2D eigenvalue weighted by Gasteiger charge is -2.07. The van der Waals surface area contributed by atoms with Gasteiger partial charge in [-0.25, -0.2) is 0 Å². The lowest BCUT2D eigenvalue weighted by molar-refractivity contribution is 0.466. The van der Waals surface area contributed by atoms with Crippen LogP contribution in [0.1, 0.15) is 24.0 Å². The number of hydrogen-bond acceptors (Lipinski definition) is 1. The van der Waals surface area contributed by atoms with Crippen molar-refractivity contribution in [3.63, 3.8) is 0 Å². The van der Waals surface area contributed by atoms with Gasteiger partial charge in [0, 0.05) is 0 Å². The highest BCUT2D eigenvalue weighted by Gasteiger charge is 2.02. The van der Waals surface area contributed by atoms with Crippen LogP contribution in [0, 0.1) is 0 Å². The second-order valence-corrected chi connectivity index (χ2v) is 5.47. The largest absolute Gasteiger partial charge is 0.508 e. The fourth-order valence-corrected chi connectivity index (χ4v) is 2.86. The van der Waals surface area contributed by atoms with Crippen LogP contribution in [0.5, 0.6) is 5.75 Å². The second kappa shape index (κ2) is 6.45. The first kappa shape index (κ1) is 13.7. The van der Waals surface area contributed by atoms with Crippen LogP contribution in [0.4, 0.5) is 0 Å². The van der Waals surface area contributed by atoms with Crippen molar-refractivity contribution in [1.29, 1.82) is 0 Å². The third-order valence-electron chi connectivity index (χ3n) is 4.01. The number of unbranched alkanes of at least 4 members (excludes halogenated alkanes) is 1.